The summed E-state index contributed by atoms with van der Waals surface area (Å²) in [7, 11) is 5.64. The third kappa shape index (κ3) is 3.19. The number of amides is 3. The van der Waals surface area contributed by atoms with Crippen molar-refractivity contribution in [1.82, 2.24) is 18.9 Å². The molecule has 11 nitrogen and oxygen atoms in total. The van der Waals surface area contributed by atoms with Crippen molar-refractivity contribution in [1.29, 1.82) is 0 Å². The molecule has 0 fully saturated rings. The van der Waals surface area contributed by atoms with E-state index in [2.05, 4.69) is 0 Å². The van der Waals surface area contributed by atoms with Crippen LogP contribution < -0.4 is 21.3 Å². The molecule has 0 spiro atoms. The van der Waals surface area contributed by atoms with E-state index >= 15 is 0 Å². The second kappa shape index (κ2) is 8.26. The van der Waals surface area contributed by atoms with Crippen LogP contribution in [0.1, 0.15) is 25.2 Å². The second-order valence-corrected chi connectivity index (χ2v) is 8.39. The highest BCUT2D eigenvalue weighted by Crippen LogP contribution is 2.34. The van der Waals surface area contributed by atoms with Crippen LogP contribution in [0.4, 0.5) is 4.79 Å². The van der Waals surface area contributed by atoms with Crippen LogP contribution in [0, 0.1) is 0 Å². The van der Waals surface area contributed by atoms with Crippen molar-refractivity contribution in [2.75, 3.05) is 27.2 Å². The fraction of sp³-hybridized carbons (Fsp3) is 0.391. The van der Waals surface area contributed by atoms with Crippen molar-refractivity contribution in [2.24, 2.45) is 14.1 Å². The lowest BCUT2D eigenvalue weighted by molar-refractivity contribution is -0.712. The number of hydrogen-bond donors (Lipinski definition) is 1. The highest BCUT2D eigenvalue weighted by molar-refractivity contribution is 6.02. The molecule has 2 aromatic rings. The summed E-state index contributed by atoms with van der Waals surface area (Å²) in [5, 5.41) is 13.4. The molecule has 1 aliphatic carbocycles. The summed E-state index contributed by atoms with van der Waals surface area (Å²) >= 11 is 0. The SMILES string of the molecule is CCN(CC)C1C=Cc2c(oc3c2c(=O)n(C)c(=O)n3C)C=C1C1=C([O-])N(C)C(=O)[NH+](C)C1=O. The molecule has 3 amide bonds. The second-order valence-electron chi connectivity index (χ2n) is 8.39. The zero-order chi connectivity index (χ0) is 25.1. The number of urea groups is 1. The van der Waals surface area contributed by atoms with Gasteiger partial charge in [0.15, 0.2) is 0 Å². The molecule has 34 heavy (non-hydrogen) atoms. The zero-order valence-corrected chi connectivity index (χ0v) is 20.0. The Balaban J connectivity index is 2.08. The summed E-state index contributed by atoms with van der Waals surface area (Å²) in [5.41, 5.74) is -0.228. The molecule has 0 saturated heterocycles. The topological polar surface area (TPSA) is 125 Å². The first-order valence-electron chi connectivity index (χ1n) is 11.0. The maximum absolute atomic E-state index is 13.2. The number of fused-ring (bicyclic) bond motifs is 3. The van der Waals surface area contributed by atoms with E-state index < -0.39 is 35.1 Å². The number of nitrogens with zero attached hydrogens (tertiary/aromatic N) is 4. The molecule has 11 heteroatoms. The minimum atomic E-state index is -0.694. The summed E-state index contributed by atoms with van der Waals surface area (Å²) in [6.07, 6.45) is 5.11. The molecule has 0 bridgehead atoms. The molecular weight excluding hydrogens is 442 g/mol. The molecule has 0 saturated carbocycles. The maximum Gasteiger partial charge on any atom is 0.428 e. The van der Waals surface area contributed by atoms with Gasteiger partial charge in [-0.1, -0.05) is 26.0 Å². The number of imide groups is 1. The molecule has 0 aromatic carbocycles. The van der Waals surface area contributed by atoms with Crippen LogP contribution in [-0.4, -0.2) is 64.1 Å². The van der Waals surface area contributed by atoms with E-state index in [1.165, 1.54) is 32.8 Å². The predicted octanol–water partition coefficient (Wildman–Crippen LogP) is -1.37. The smallest absolute Gasteiger partial charge is 0.428 e. The first-order valence-corrected chi connectivity index (χ1v) is 11.0. The lowest BCUT2D eigenvalue weighted by Gasteiger charge is -2.36. The summed E-state index contributed by atoms with van der Waals surface area (Å²) in [5.74, 6) is -1.08. The van der Waals surface area contributed by atoms with Gasteiger partial charge in [0.1, 0.15) is 11.1 Å². The molecule has 0 radical (unpaired) electrons. The fourth-order valence-corrected chi connectivity index (χ4v) is 4.55. The Labute approximate surface area is 195 Å². The minimum Gasteiger partial charge on any atom is -0.859 e. The van der Waals surface area contributed by atoms with Gasteiger partial charge in [-0.25, -0.2) is 14.4 Å². The number of carbonyl (C=O) groups is 2. The van der Waals surface area contributed by atoms with E-state index in [0.29, 0.717) is 24.2 Å². The Morgan fingerprint density at radius 1 is 1.09 bits per heavy atom. The molecule has 180 valence electrons. The Kier molecular flexibility index (Phi) is 5.70. The number of hydrogen-bond acceptors (Lipinski definition) is 7. The Morgan fingerprint density at radius 3 is 2.35 bits per heavy atom. The van der Waals surface area contributed by atoms with Gasteiger partial charge in [-0.15, -0.1) is 0 Å². The van der Waals surface area contributed by atoms with Crippen LogP contribution in [0.25, 0.3) is 23.3 Å². The first-order chi connectivity index (χ1) is 16.0. The zero-order valence-electron chi connectivity index (χ0n) is 20.0. The fourth-order valence-electron chi connectivity index (χ4n) is 4.55. The van der Waals surface area contributed by atoms with Crippen molar-refractivity contribution in [3.05, 3.63) is 55.3 Å². The summed E-state index contributed by atoms with van der Waals surface area (Å²) in [6.45, 7) is 5.16. The van der Waals surface area contributed by atoms with Gasteiger partial charge in [0.2, 0.25) is 5.71 Å². The van der Waals surface area contributed by atoms with E-state index in [4.69, 9.17) is 4.42 Å². The number of likely N-dealkylation sites (N-methyl/N-ethyl adjacent to an activating group) is 2. The Bertz CT molecular complexity index is 1430. The van der Waals surface area contributed by atoms with Crippen molar-refractivity contribution >= 4 is 35.2 Å². The van der Waals surface area contributed by atoms with Gasteiger partial charge in [0.05, 0.1) is 18.7 Å². The lowest BCUT2D eigenvalue weighted by Crippen LogP contribution is -3.17. The number of aryl methyl sites for hydroxylation is 1. The number of aromatic nitrogens is 2. The van der Waals surface area contributed by atoms with E-state index in [-0.39, 0.29) is 27.3 Å². The number of furan rings is 1. The van der Waals surface area contributed by atoms with Crippen LogP contribution >= 0.6 is 0 Å². The van der Waals surface area contributed by atoms with Gasteiger partial charge in [0, 0.05) is 26.7 Å². The highest BCUT2D eigenvalue weighted by atomic mass is 16.3. The Morgan fingerprint density at radius 2 is 1.74 bits per heavy atom. The van der Waals surface area contributed by atoms with E-state index in [1.54, 1.807) is 12.2 Å². The van der Waals surface area contributed by atoms with Crippen LogP contribution in [-0.2, 0) is 18.9 Å². The average molecular weight is 469 g/mol. The van der Waals surface area contributed by atoms with Crippen LogP contribution in [0.2, 0.25) is 0 Å². The third-order valence-corrected chi connectivity index (χ3v) is 6.61. The van der Waals surface area contributed by atoms with Gasteiger partial charge in [0.25, 0.3) is 5.56 Å². The third-order valence-electron chi connectivity index (χ3n) is 6.61. The van der Waals surface area contributed by atoms with E-state index in [0.717, 1.165) is 9.47 Å². The monoisotopic (exact) mass is 469 g/mol. The van der Waals surface area contributed by atoms with Gasteiger partial charge in [-0.2, -0.15) is 4.90 Å². The normalized spacial score (nSPS) is 20.9. The van der Waals surface area contributed by atoms with Crippen LogP contribution in [0.15, 0.2) is 37.1 Å². The minimum absolute atomic E-state index is 0.0504. The predicted molar refractivity (Wildman–Crippen MR) is 122 cm³/mol. The Hall–Kier alpha value is -3.70. The summed E-state index contributed by atoms with van der Waals surface area (Å²) < 4.78 is 8.20. The summed E-state index contributed by atoms with van der Waals surface area (Å²) in [4.78, 5) is 53.8. The van der Waals surface area contributed by atoms with E-state index in [9.17, 15) is 24.3 Å². The molecule has 1 N–H and O–H groups in total. The molecule has 2 unspecified atom stereocenters. The average Bonchev–Trinajstić information content (AvgIpc) is 3.09. The molecular formula is C23H27N5O6. The van der Waals surface area contributed by atoms with Gasteiger partial charge < -0.3 is 9.52 Å². The van der Waals surface area contributed by atoms with E-state index in [1.807, 2.05) is 24.8 Å². The molecule has 2 aromatic heterocycles. The van der Waals surface area contributed by atoms with Gasteiger partial charge in [-0.3, -0.25) is 23.7 Å². The van der Waals surface area contributed by atoms with Gasteiger partial charge >= 0.3 is 17.6 Å². The highest BCUT2D eigenvalue weighted by Gasteiger charge is 2.41. The van der Waals surface area contributed by atoms with Gasteiger partial charge in [-0.05, 0) is 30.6 Å². The number of carbonyl (C=O) groups excluding carboxylic acids is 2. The molecule has 1 aliphatic heterocycles. The van der Waals surface area contributed by atoms with Crippen molar-refractivity contribution < 1.29 is 24.0 Å². The molecule has 4 rings (SSSR count). The number of rotatable bonds is 4. The largest absolute Gasteiger partial charge is 0.859 e. The standard InChI is InChI=1S/C23H27N5O6/c1-7-28(8-2)14-10-9-12-15(34-21-17(12)20(31)26(5)23(33)27(21)6)11-13(14)16-18(29)24(3)22(32)25(4)19(16)30/h9-11,14,29H,7-8H2,1-6H3. The number of quaternary nitrogens is 1. The molecule has 2 atom stereocenters. The quantitative estimate of drug-likeness (QED) is 0.586. The summed E-state index contributed by atoms with van der Waals surface area (Å²) in [6, 6.07) is -1.12. The molecule has 3 heterocycles. The van der Waals surface area contributed by atoms with Crippen LogP contribution in [0.5, 0.6) is 0 Å². The van der Waals surface area contributed by atoms with Crippen molar-refractivity contribution in [3.8, 4) is 0 Å². The maximum atomic E-state index is 13.2. The van der Waals surface area contributed by atoms with Crippen LogP contribution in [0.3, 0.4) is 0 Å². The number of nitrogens with one attached hydrogen (secondary N) is 1. The van der Waals surface area contributed by atoms with Crippen molar-refractivity contribution in [2.45, 2.75) is 19.9 Å². The van der Waals surface area contributed by atoms with Crippen molar-refractivity contribution in [3.63, 3.8) is 0 Å². The lowest BCUT2D eigenvalue weighted by atomic mass is 9.94. The first kappa shape index (κ1) is 23.5. The molecule has 2 aliphatic rings.